The van der Waals surface area contributed by atoms with E-state index in [2.05, 4.69) is 5.32 Å². The number of piperazine rings is 1. The molecule has 0 aromatic heterocycles. The van der Waals surface area contributed by atoms with Crippen LogP contribution in [0.2, 0.25) is 5.02 Å². The Morgan fingerprint density at radius 2 is 2.22 bits per heavy atom. The summed E-state index contributed by atoms with van der Waals surface area (Å²) in [7, 11) is 0. The van der Waals surface area contributed by atoms with Crippen molar-refractivity contribution in [2.45, 2.75) is 6.04 Å². The molecular formula is C15H19Cl2N3O2S. The van der Waals surface area contributed by atoms with E-state index in [1.54, 1.807) is 4.90 Å². The zero-order valence-corrected chi connectivity index (χ0v) is 14.9. The molecule has 1 aromatic rings. The Kier molecular flexibility index (Phi) is 6.59. The van der Waals surface area contributed by atoms with Crippen LogP contribution >= 0.6 is 35.8 Å². The second-order valence-electron chi connectivity index (χ2n) is 5.40. The smallest absolute Gasteiger partial charge is 0.282 e. The second kappa shape index (κ2) is 8.24. The van der Waals surface area contributed by atoms with Gasteiger partial charge in [0.05, 0.1) is 6.04 Å². The fraction of sp³-hybridized carbons (Fsp3) is 0.467. The predicted molar refractivity (Wildman–Crippen MR) is 95.5 cm³/mol. The van der Waals surface area contributed by atoms with Crippen molar-refractivity contribution < 1.29 is 9.59 Å². The molecular weight excluding hydrogens is 357 g/mol. The Hall–Kier alpha value is -0.950. The Labute approximate surface area is 151 Å². The summed E-state index contributed by atoms with van der Waals surface area (Å²) in [6.45, 7) is 2.94. The van der Waals surface area contributed by atoms with Crippen LogP contribution in [0.15, 0.2) is 24.3 Å². The molecule has 0 saturated carbocycles. The van der Waals surface area contributed by atoms with Gasteiger partial charge in [-0.15, -0.1) is 12.4 Å². The summed E-state index contributed by atoms with van der Waals surface area (Å²) in [6, 6.07) is 7.57. The summed E-state index contributed by atoms with van der Waals surface area (Å²) in [6.07, 6.45) is 0. The number of carbonyl (C=O) groups is 2. The van der Waals surface area contributed by atoms with E-state index >= 15 is 0 Å². The van der Waals surface area contributed by atoms with Gasteiger partial charge in [0.15, 0.2) is 0 Å². The molecule has 2 heterocycles. The Bertz CT molecular complexity index is 588. The van der Waals surface area contributed by atoms with Gasteiger partial charge in [-0.1, -0.05) is 35.5 Å². The first kappa shape index (κ1) is 18.4. The molecule has 8 heteroatoms. The molecule has 0 spiro atoms. The number of thioether (sulfide) groups is 1. The van der Waals surface area contributed by atoms with Gasteiger partial charge in [-0.25, -0.2) is 0 Å². The summed E-state index contributed by atoms with van der Waals surface area (Å²) in [4.78, 5) is 27.8. The van der Waals surface area contributed by atoms with Crippen LogP contribution in [0.5, 0.6) is 0 Å². The summed E-state index contributed by atoms with van der Waals surface area (Å²) in [5, 5.41) is 3.99. The molecule has 1 aromatic carbocycles. The van der Waals surface area contributed by atoms with Crippen LogP contribution in [-0.4, -0.2) is 59.4 Å². The van der Waals surface area contributed by atoms with Gasteiger partial charge in [0.25, 0.3) is 5.24 Å². The Morgan fingerprint density at radius 1 is 1.39 bits per heavy atom. The largest absolute Gasteiger partial charge is 0.332 e. The third-order valence-electron chi connectivity index (χ3n) is 3.97. The molecule has 5 nitrogen and oxygen atoms in total. The summed E-state index contributed by atoms with van der Waals surface area (Å²) in [5.41, 5.74) is 1.02. The molecule has 1 unspecified atom stereocenters. The van der Waals surface area contributed by atoms with Gasteiger partial charge in [-0.2, -0.15) is 0 Å². The molecule has 2 aliphatic heterocycles. The minimum Gasteiger partial charge on any atom is -0.332 e. The number of halogens is 2. The molecule has 2 amide bonds. The third-order valence-corrected chi connectivity index (χ3v) is 5.10. The van der Waals surface area contributed by atoms with Crippen molar-refractivity contribution in [1.29, 1.82) is 0 Å². The zero-order valence-electron chi connectivity index (χ0n) is 12.5. The SMILES string of the molecule is Cl.O=C1SCCN1CC(=O)N1CCNCC1c1cccc(Cl)c1. The number of nitrogens with one attached hydrogen (secondary N) is 1. The van der Waals surface area contributed by atoms with Crippen molar-refractivity contribution in [3.63, 3.8) is 0 Å². The minimum absolute atomic E-state index is 0. The van der Waals surface area contributed by atoms with Crippen molar-refractivity contribution in [1.82, 2.24) is 15.1 Å². The van der Waals surface area contributed by atoms with E-state index in [1.165, 1.54) is 11.8 Å². The highest BCUT2D eigenvalue weighted by Gasteiger charge is 2.31. The van der Waals surface area contributed by atoms with E-state index in [1.807, 2.05) is 29.2 Å². The van der Waals surface area contributed by atoms with E-state index in [4.69, 9.17) is 11.6 Å². The van der Waals surface area contributed by atoms with Gasteiger partial charge < -0.3 is 15.1 Å². The molecule has 0 radical (unpaired) electrons. The normalized spacial score (nSPS) is 21.3. The van der Waals surface area contributed by atoms with Gasteiger partial charge in [-0.3, -0.25) is 9.59 Å². The van der Waals surface area contributed by atoms with Crippen LogP contribution in [0.3, 0.4) is 0 Å². The maximum Gasteiger partial charge on any atom is 0.282 e. The molecule has 2 fully saturated rings. The van der Waals surface area contributed by atoms with Gasteiger partial charge in [0.1, 0.15) is 6.54 Å². The monoisotopic (exact) mass is 375 g/mol. The predicted octanol–water partition coefficient (Wildman–Crippen LogP) is 2.40. The van der Waals surface area contributed by atoms with Crippen molar-refractivity contribution >= 4 is 46.9 Å². The molecule has 23 heavy (non-hydrogen) atoms. The molecule has 0 aliphatic carbocycles. The standard InChI is InChI=1S/C15H18ClN3O2S.ClH/c16-12-3-1-2-11(8-12)13-9-17-4-5-19(13)14(20)10-18-6-7-22-15(18)21;/h1-3,8,13,17H,4-7,9-10H2;1H. The molecule has 126 valence electrons. The van der Waals surface area contributed by atoms with Crippen molar-refractivity contribution in [2.75, 3.05) is 38.5 Å². The van der Waals surface area contributed by atoms with Crippen molar-refractivity contribution in [3.8, 4) is 0 Å². The maximum atomic E-state index is 12.6. The second-order valence-corrected chi connectivity index (χ2v) is 6.88. The van der Waals surface area contributed by atoms with E-state index in [-0.39, 0.29) is 36.1 Å². The quantitative estimate of drug-likeness (QED) is 0.880. The van der Waals surface area contributed by atoms with Crippen LogP contribution in [0.4, 0.5) is 4.79 Å². The zero-order chi connectivity index (χ0) is 15.5. The van der Waals surface area contributed by atoms with Crippen LogP contribution in [0.1, 0.15) is 11.6 Å². The van der Waals surface area contributed by atoms with Crippen molar-refractivity contribution in [3.05, 3.63) is 34.9 Å². The lowest BCUT2D eigenvalue weighted by molar-refractivity contribution is -0.135. The van der Waals surface area contributed by atoms with Gasteiger partial charge in [0, 0.05) is 37.0 Å². The van der Waals surface area contributed by atoms with E-state index in [0.29, 0.717) is 24.7 Å². The van der Waals surface area contributed by atoms with Crippen LogP contribution < -0.4 is 5.32 Å². The number of rotatable bonds is 3. The average Bonchev–Trinajstić information content (AvgIpc) is 2.92. The highest BCUT2D eigenvalue weighted by Crippen LogP contribution is 2.25. The lowest BCUT2D eigenvalue weighted by Gasteiger charge is -2.37. The van der Waals surface area contributed by atoms with Crippen LogP contribution in [0.25, 0.3) is 0 Å². The van der Waals surface area contributed by atoms with E-state index in [0.717, 1.165) is 17.9 Å². The highest BCUT2D eigenvalue weighted by atomic mass is 35.5. The molecule has 1 N–H and O–H groups in total. The van der Waals surface area contributed by atoms with E-state index < -0.39 is 0 Å². The summed E-state index contributed by atoms with van der Waals surface area (Å²) < 4.78 is 0. The molecule has 2 saturated heterocycles. The number of amides is 2. The Balaban J connectivity index is 0.00000192. The lowest BCUT2D eigenvalue weighted by Crippen LogP contribution is -2.51. The van der Waals surface area contributed by atoms with Crippen molar-refractivity contribution in [2.24, 2.45) is 0 Å². The third kappa shape index (κ3) is 4.32. The summed E-state index contributed by atoms with van der Waals surface area (Å²) >= 11 is 7.35. The van der Waals surface area contributed by atoms with Gasteiger partial charge >= 0.3 is 0 Å². The van der Waals surface area contributed by atoms with E-state index in [9.17, 15) is 9.59 Å². The fourth-order valence-electron chi connectivity index (χ4n) is 2.84. The first-order valence-electron chi connectivity index (χ1n) is 7.32. The highest BCUT2D eigenvalue weighted by molar-refractivity contribution is 8.13. The van der Waals surface area contributed by atoms with Gasteiger partial charge in [-0.05, 0) is 17.7 Å². The van der Waals surface area contributed by atoms with Crippen LogP contribution in [-0.2, 0) is 4.79 Å². The molecule has 1 atom stereocenters. The number of hydrogen-bond donors (Lipinski definition) is 1. The molecule has 0 bridgehead atoms. The molecule has 3 rings (SSSR count). The number of benzene rings is 1. The summed E-state index contributed by atoms with van der Waals surface area (Å²) in [5.74, 6) is 0.771. The minimum atomic E-state index is -0.0368. The lowest BCUT2D eigenvalue weighted by atomic mass is 10.0. The van der Waals surface area contributed by atoms with Crippen LogP contribution in [0, 0.1) is 0 Å². The average molecular weight is 376 g/mol. The molecule has 2 aliphatic rings. The Morgan fingerprint density at radius 3 is 2.91 bits per heavy atom. The fourth-order valence-corrected chi connectivity index (χ4v) is 3.86. The maximum absolute atomic E-state index is 12.6. The number of carbonyl (C=O) groups excluding carboxylic acids is 2. The first-order chi connectivity index (χ1) is 10.6. The number of hydrogen-bond acceptors (Lipinski definition) is 4. The first-order valence-corrected chi connectivity index (χ1v) is 8.69. The van der Waals surface area contributed by atoms with Gasteiger partial charge in [0.2, 0.25) is 5.91 Å². The number of nitrogens with zero attached hydrogens (tertiary/aromatic N) is 2. The topological polar surface area (TPSA) is 52.7 Å².